The lowest BCUT2D eigenvalue weighted by molar-refractivity contribution is -0.121. The molecular formula is C18H15BrN2O4. The van der Waals surface area contributed by atoms with Gasteiger partial charge >= 0.3 is 0 Å². The van der Waals surface area contributed by atoms with Gasteiger partial charge in [0, 0.05) is 11.0 Å². The highest BCUT2D eigenvalue weighted by molar-refractivity contribution is 9.10. The molecular weight excluding hydrogens is 388 g/mol. The van der Waals surface area contributed by atoms with Crippen molar-refractivity contribution in [2.24, 2.45) is 0 Å². The van der Waals surface area contributed by atoms with Gasteiger partial charge in [0.25, 0.3) is 5.91 Å². The molecule has 0 spiro atoms. The summed E-state index contributed by atoms with van der Waals surface area (Å²) in [6.45, 7) is 0.691. The molecule has 6 nitrogen and oxygen atoms in total. The summed E-state index contributed by atoms with van der Waals surface area (Å²) in [5, 5.41) is 3.16. The van der Waals surface area contributed by atoms with Crippen molar-refractivity contribution in [1.82, 2.24) is 5.32 Å². The van der Waals surface area contributed by atoms with Crippen molar-refractivity contribution in [3.63, 3.8) is 0 Å². The fraction of sp³-hybridized carbons (Fsp3) is 0.222. The van der Waals surface area contributed by atoms with E-state index in [9.17, 15) is 9.59 Å². The first-order valence-corrected chi connectivity index (χ1v) is 8.65. The molecule has 2 aliphatic rings. The van der Waals surface area contributed by atoms with Gasteiger partial charge in [-0.05, 0) is 35.9 Å². The predicted molar refractivity (Wildman–Crippen MR) is 94.4 cm³/mol. The van der Waals surface area contributed by atoms with Gasteiger partial charge in [-0.25, -0.2) is 4.90 Å². The SMILES string of the molecule is O=C1CC(NCc2ccc3c(c2)OCO3)C(=O)N1c1cccc(Br)c1. The van der Waals surface area contributed by atoms with Gasteiger partial charge in [0.05, 0.1) is 18.2 Å². The van der Waals surface area contributed by atoms with Crippen molar-refractivity contribution in [3.05, 3.63) is 52.5 Å². The minimum atomic E-state index is -0.531. The van der Waals surface area contributed by atoms with Gasteiger partial charge in [0.1, 0.15) is 0 Å². The maximum Gasteiger partial charge on any atom is 0.251 e. The Morgan fingerprint density at radius 2 is 1.96 bits per heavy atom. The molecule has 0 saturated carbocycles. The molecule has 7 heteroatoms. The minimum Gasteiger partial charge on any atom is -0.454 e. The van der Waals surface area contributed by atoms with E-state index >= 15 is 0 Å². The Kier molecular flexibility index (Phi) is 4.19. The molecule has 25 heavy (non-hydrogen) atoms. The molecule has 2 aromatic rings. The lowest BCUT2D eigenvalue weighted by atomic mass is 10.1. The fourth-order valence-electron chi connectivity index (χ4n) is 2.97. The van der Waals surface area contributed by atoms with Crippen LogP contribution in [-0.2, 0) is 16.1 Å². The Morgan fingerprint density at radius 1 is 1.12 bits per heavy atom. The van der Waals surface area contributed by atoms with E-state index < -0.39 is 6.04 Å². The molecule has 1 unspecified atom stereocenters. The third-order valence-electron chi connectivity index (χ3n) is 4.20. The van der Waals surface area contributed by atoms with Gasteiger partial charge in [-0.2, -0.15) is 0 Å². The van der Waals surface area contributed by atoms with Gasteiger partial charge in [0.2, 0.25) is 12.7 Å². The molecule has 0 aromatic heterocycles. The smallest absolute Gasteiger partial charge is 0.251 e. The van der Waals surface area contributed by atoms with Crippen molar-refractivity contribution < 1.29 is 19.1 Å². The first kappa shape index (κ1) is 16.1. The third kappa shape index (κ3) is 3.12. The van der Waals surface area contributed by atoms with Crippen molar-refractivity contribution in [3.8, 4) is 11.5 Å². The standard InChI is InChI=1S/C18H15BrN2O4/c19-12-2-1-3-13(7-12)21-17(22)8-14(18(21)23)20-9-11-4-5-15-16(6-11)25-10-24-15/h1-7,14,20H,8-10H2. The highest BCUT2D eigenvalue weighted by Crippen LogP contribution is 2.32. The van der Waals surface area contributed by atoms with Crippen LogP contribution in [0, 0.1) is 0 Å². The molecule has 2 amide bonds. The van der Waals surface area contributed by atoms with Gasteiger partial charge < -0.3 is 14.8 Å². The van der Waals surface area contributed by atoms with Crippen LogP contribution in [-0.4, -0.2) is 24.6 Å². The molecule has 1 N–H and O–H groups in total. The average Bonchev–Trinajstić information content (AvgIpc) is 3.16. The summed E-state index contributed by atoms with van der Waals surface area (Å²) in [6.07, 6.45) is 0.149. The lowest BCUT2D eigenvalue weighted by Gasteiger charge is -2.16. The second-order valence-corrected chi connectivity index (χ2v) is 6.79. The average molecular weight is 403 g/mol. The van der Waals surface area contributed by atoms with E-state index in [-0.39, 0.29) is 25.0 Å². The number of nitrogens with zero attached hydrogens (tertiary/aromatic N) is 1. The van der Waals surface area contributed by atoms with Crippen molar-refractivity contribution in [2.75, 3.05) is 11.7 Å². The van der Waals surface area contributed by atoms with Gasteiger partial charge in [0.15, 0.2) is 11.5 Å². The Balaban J connectivity index is 1.45. The summed E-state index contributed by atoms with van der Waals surface area (Å²) in [5.41, 5.74) is 1.54. The van der Waals surface area contributed by atoms with Crippen LogP contribution in [0.3, 0.4) is 0 Å². The van der Waals surface area contributed by atoms with Crippen LogP contribution in [0.25, 0.3) is 0 Å². The molecule has 2 aliphatic heterocycles. The number of hydrogen-bond acceptors (Lipinski definition) is 5. The van der Waals surface area contributed by atoms with Crippen LogP contribution < -0.4 is 19.7 Å². The van der Waals surface area contributed by atoms with E-state index in [1.54, 1.807) is 18.2 Å². The molecule has 2 aromatic carbocycles. The Labute approximate surface area is 152 Å². The molecule has 4 rings (SSSR count). The summed E-state index contributed by atoms with van der Waals surface area (Å²) in [4.78, 5) is 26.1. The Bertz CT molecular complexity index is 855. The van der Waals surface area contributed by atoms with Crippen LogP contribution in [0.1, 0.15) is 12.0 Å². The normalized spacial score (nSPS) is 18.9. The number of hydrogen-bond donors (Lipinski definition) is 1. The zero-order valence-electron chi connectivity index (χ0n) is 13.2. The number of nitrogens with one attached hydrogen (secondary N) is 1. The van der Waals surface area contributed by atoms with Crippen LogP contribution >= 0.6 is 15.9 Å². The molecule has 1 atom stereocenters. The highest BCUT2D eigenvalue weighted by atomic mass is 79.9. The van der Waals surface area contributed by atoms with E-state index in [2.05, 4.69) is 21.2 Å². The second-order valence-electron chi connectivity index (χ2n) is 5.87. The van der Waals surface area contributed by atoms with Crippen molar-refractivity contribution >= 4 is 33.4 Å². The monoisotopic (exact) mass is 402 g/mol. The molecule has 0 radical (unpaired) electrons. The zero-order chi connectivity index (χ0) is 17.4. The van der Waals surface area contributed by atoms with Crippen molar-refractivity contribution in [1.29, 1.82) is 0 Å². The first-order valence-electron chi connectivity index (χ1n) is 7.86. The van der Waals surface area contributed by atoms with Gasteiger partial charge in [-0.15, -0.1) is 0 Å². The number of benzene rings is 2. The van der Waals surface area contributed by atoms with Crippen LogP contribution in [0.2, 0.25) is 0 Å². The summed E-state index contributed by atoms with van der Waals surface area (Å²) in [6, 6.07) is 12.3. The molecule has 0 bridgehead atoms. The zero-order valence-corrected chi connectivity index (χ0v) is 14.8. The molecule has 0 aliphatic carbocycles. The van der Waals surface area contributed by atoms with Crippen LogP contribution in [0.4, 0.5) is 5.69 Å². The minimum absolute atomic E-state index is 0.149. The van der Waals surface area contributed by atoms with Crippen LogP contribution in [0.15, 0.2) is 46.9 Å². The lowest BCUT2D eigenvalue weighted by Crippen LogP contribution is -2.38. The number of rotatable bonds is 4. The first-order chi connectivity index (χ1) is 12.1. The number of carbonyl (C=O) groups is 2. The Morgan fingerprint density at radius 3 is 2.80 bits per heavy atom. The quantitative estimate of drug-likeness (QED) is 0.796. The number of halogens is 1. The second kappa shape index (κ2) is 6.50. The molecule has 128 valence electrons. The number of imide groups is 1. The van der Waals surface area contributed by atoms with E-state index in [1.165, 1.54) is 4.90 Å². The van der Waals surface area contributed by atoms with E-state index in [4.69, 9.17) is 9.47 Å². The summed E-state index contributed by atoms with van der Waals surface area (Å²) in [7, 11) is 0. The number of fused-ring (bicyclic) bond motifs is 1. The predicted octanol–water partition coefficient (Wildman–Crippen LogP) is 2.60. The van der Waals surface area contributed by atoms with E-state index in [0.717, 1.165) is 15.8 Å². The number of ether oxygens (including phenoxy) is 2. The van der Waals surface area contributed by atoms with Crippen LogP contribution in [0.5, 0.6) is 11.5 Å². The number of amides is 2. The third-order valence-corrected chi connectivity index (χ3v) is 4.70. The summed E-state index contributed by atoms with van der Waals surface area (Å²) in [5.74, 6) is 0.982. The van der Waals surface area contributed by atoms with E-state index in [1.807, 2.05) is 24.3 Å². The Hall–Kier alpha value is -2.38. The van der Waals surface area contributed by atoms with E-state index in [0.29, 0.717) is 18.0 Å². The largest absolute Gasteiger partial charge is 0.454 e. The van der Waals surface area contributed by atoms with Crippen molar-refractivity contribution in [2.45, 2.75) is 19.0 Å². The van der Waals surface area contributed by atoms with Gasteiger partial charge in [-0.1, -0.05) is 28.1 Å². The molecule has 1 fully saturated rings. The number of anilines is 1. The highest BCUT2D eigenvalue weighted by Gasteiger charge is 2.39. The fourth-order valence-corrected chi connectivity index (χ4v) is 3.36. The molecule has 1 saturated heterocycles. The molecule has 2 heterocycles. The maximum absolute atomic E-state index is 12.6. The maximum atomic E-state index is 12.6. The summed E-state index contributed by atoms with van der Waals surface area (Å²) < 4.78 is 11.5. The topological polar surface area (TPSA) is 67.9 Å². The summed E-state index contributed by atoms with van der Waals surface area (Å²) >= 11 is 3.36. The number of carbonyl (C=O) groups excluding carboxylic acids is 2. The van der Waals surface area contributed by atoms with Gasteiger partial charge in [-0.3, -0.25) is 9.59 Å².